The summed E-state index contributed by atoms with van der Waals surface area (Å²) in [5.74, 6) is 0.623. The number of rotatable bonds is 3. The SMILES string of the molecule is OCC1O[C@@H](Oc2ccccc2)C[C@@H](O)[C@@H]1O. The van der Waals surface area contributed by atoms with Crippen LogP contribution in [0.25, 0.3) is 0 Å². The molecule has 1 fully saturated rings. The minimum absolute atomic E-state index is 0.173. The Morgan fingerprint density at radius 2 is 1.94 bits per heavy atom. The third kappa shape index (κ3) is 2.95. The second kappa shape index (κ2) is 5.46. The van der Waals surface area contributed by atoms with Gasteiger partial charge in [-0.05, 0) is 12.1 Å². The Hall–Kier alpha value is -1.14. The number of aliphatic hydroxyl groups excluding tert-OH is 3. The lowest BCUT2D eigenvalue weighted by molar-refractivity contribution is -0.229. The maximum absolute atomic E-state index is 9.61. The Balaban J connectivity index is 1.98. The maximum Gasteiger partial charge on any atom is 0.202 e. The number of ether oxygens (including phenoxy) is 2. The van der Waals surface area contributed by atoms with E-state index >= 15 is 0 Å². The van der Waals surface area contributed by atoms with Gasteiger partial charge in [-0.3, -0.25) is 0 Å². The van der Waals surface area contributed by atoms with Crippen molar-refractivity contribution in [2.24, 2.45) is 0 Å². The van der Waals surface area contributed by atoms with Crippen LogP contribution in [0.3, 0.4) is 0 Å². The predicted octanol–water partition coefficient (Wildman–Crippen LogP) is -0.106. The molecule has 1 aromatic rings. The van der Waals surface area contributed by atoms with E-state index in [-0.39, 0.29) is 13.0 Å². The molecule has 94 valence electrons. The Bertz CT molecular complexity index is 342. The van der Waals surface area contributed by atoms with Crippen LogP contribution in [0.2, 0.25) is 0 Å². The Morgan fingerprint density at radius 1 is 1.24 bits per heavy atom. The molecule has 0 spiro atoms. The monoisotopic (exact) mass is 240 g/mol. The van der Waals surface area contributed by atoms with Crippen LogP contribution < -0.4 is 4.74 Å². The van der Waals surface area contributed by atoms with Crippen molar-refractivity contribution in [2.45, 2.75) is 31.0 Å². The molecule has 0 saturated carbocycles. The predicted molar refractivity (Wildman–Crippen MR) is 59.4 cm³/mol. The summed E-state index contributed by atoms with van der Waals surface area (Å²) in [5.41, 5.74) is 0. The van der Waals surface area contributed by atoms with E-state index in [0.717, 1.165) is 0 Å². The Morgan fingerprint density at radius 3 is 2.59 bits per heavy atom. The van der Waals surface area contributed by atoms with E-state index in [1.54, 1.807) is 12.1 Å². The molecule has 1 heterocycles. The summed E-state index contributed by atoms with van der Waals surface area (Å²) in [7, 11) is 0. The smallest absolute Gasteiger partial charge is 0.202 e. The molecule has 17 heavy (non-hydrogen) atoms. The highest BCUT2D eigenvalue weighted by atomic mass is 16.7. The average molecular weight is 240 g/mol. The van der Waals surface area contributed by atoms with Gasteiger partial charge in [-0.25, -0.2) is 0 Å². The first-order valence-electron chi connectivity index (χ1n) is 5.55. The van der Waals surface area contributed by atoms with Crippen molar-refractivity contribution < 1.29 is 24.8 Å². The topological polar surface area (TPSA) is 79.2 Å². The second-order valence-corrected chi connectivity index (χ2v) is 4.01. The standard InChI is InChI=1S/C12H16O5/c13-7-10-12(15)9(14)6-11(17-10)16-8-4-2-1-3-5-8/h1-5,9-15H,6-7H2/t9-,10?,11-,12+/m1/s1. The molecule has 3 N–H and O–H groups in total. The highest BCUT2D eigenvalue weighted by Crippen LogP contribution is 2.23. The number of aliphatic hydroxyl groups is 3. The first-order valence-corrected chi connectivity index (χ1v) is 5.55. The minimum atomic E-state index is -1.07. The molecule has 2 rings (SSSR count). The van der Waals surface area contributed by atoms with Gasteiger partial charge in [0.15, 0.2) is 0 Å². The molecule has 0 radical (unpaired) electrons. The molecule has 5 nitrogen and oxygen atoms in total. The third-order valence-electron chi connectivity index (χ3n) is 2.73. The Labute approximate surface area is 99.2 Å². The molecule has 1 saturated heterocycles. The molecule has 1 aliphatic heterocycles. The third-order valence-corrected chi connectivity index (χ3v) is 2.73. The molecule has 1 aromatic carbocycles. The fourth-order valence-electron chi connectivity index (χ4n) is 1.79. The van der Waals surface area contributed by atoms with Crippen LogP contribution in [0.1, 0.15) is 6.42 Å². The molecule has 5 heteroatoms. The first-order chi connectivity index (χ1) is 8.20. The van der Waals surface area contributed by atoms with Gasteiger partial charge < -0.3 is 24.8 Å². The molecule has 0 bridgehead atoms. The van der Waals surface area contributed by atoms with Crippen LogP contribution in [0.4, 0.5) is 0 Å². The summed E-state index contributed by atoms with van der Waals surface area (Å²) >= 11 is 0. The maximum atomic E-state index is 9.61. The van der Waals surface area contributed by atoms with Crippen molar-refractivity contribution in [1.29, 1.82) is 0 Å². The second-order valence-electron chi connectivity index (χ2n) is 4.01. The minimum Gasteiger partial charge on any atom is -0.465 e. The van der Waals surface area contributed by atoms with E-state index in [9.17, 15) is 10.2 Å². The summed E-state index contributed by atoms with van der Waals surface area (Å²) in [6, 6.07) is 9.06. The van der Waals surface area contributed by atoms with Crippen molar-refractivity contribution in [2.75, 3.05) is 6.61 Å². The lowest BCUT2D eigenvalue weighted by atomic mass is 10.0. The van der Waals surface area contributed by atoms with Gasteiger partial charge in [0.1, 0.15) is 18.0 Å². The van der Waals surface area contributed by atoms with E-state index < -0.39 is 24.6 Å². The zero-order valence-electron chi connectivity index (χ0n) is 9.27. The van der Waals surface area contributed by atoms with Gasteiger partial charge in [0.2, 0.25) is 6.29 Å². The lowest BCUT2D eigenvalue weighted by Crippen LogP contribution is -2.51. The van der Waals surface area contributed by atoms with Crippen LogP contribution >= 0.6 is 0 Å². The molecule has 4 atom stereocenters. The van der Waals surface area contributed by atoms with E-state index in [1.165, 1.54) is 0 Å². The summed E-state index contributed by atoms with van der Waals surface area (Å²) in [6.07, 6.45) is -3.32. The van der Waals surface area contributed by atoms with E-state index in [0.29, 0.717) is 5.75 Å². The number of hydrogen-bond donors (Lipinski definition) is 3. The van der Waals surface area contributed by atoms with Crippen molar-refractivity contribution in [1.82, 2.24) is 0 Å². The fourth-order valence-corrected chi connectivity index (χ4v) is 1.79. The normalized spacial score (nSPS) is 33.4. The number of benzene rings is 1. The average Bonchev–Trinajstić information content (AvgIpc) is 2.35. The van der Waals surface area contributed by atoms with Crippen LogP contribution in [0, 0.1) is 0 Å². The zero-order valence-corrected chi connectivity index (χ0v) is 9.27. The van der Waals surface area contributed by atoms with Gasteiger partial charge in [0.25, 0.3) is 0 Å². The van der Waals surface area contributed by atoms with Crippen molar-refractivity contribution in [3.8, 4) is 5.75 Å². The van der Waals surface area contributed by atoms with Gasteiger partial charge >= 0.3 is 0 Å². The highest BCUT2D eigenvalue weighted by Gasteiger charge is 2.37. The van der Waals surface area contributed by atoms with E-state index in [1.807, 2.05) is 18.2 Å². The van der Waals surface area contributed by atoms with Crippen LogP contribution in [0.15, 0.2) is 30.3 Å². The van der Waals surface area contributed by atoms with Crippen molar-refractivity contribution >= 4 is 0 Å². The molecular weight excluding hydrogens is 224 g/mol. The summed E-state index contributed by atoms with van der Waals surface area (Å²) in [4.78, 5) is 0. The van der Waals surface area contributed by atoms with Crippen molar-refractivity contribution in [3.63, 3.8) is 0 Å². The Kier molecular flexibility index (Phi) is 3.96. The van der Waals surface area contributed by atoms with Crippen LogP contribution in [0.5, 0.6) is 5.75 Å². The molecule has 0 aliphatic carbocycles. The zero-order chi connectivity index (χ0) is 12.3. The van der Waals surface area contributed by atoms with Gasteiger partial charge in [-0.15, -0.1) is 0 Å². The summed E-state index contributed by atoms with van der Waals surface area (Å²) in [5, 5.41) is 28.1. The van der Waals surface area contributed by atoms with Gasteiger partial charge in [-0.1, -0.05) is 18.2 Å². The van der Waals surface area contributed by atoms with Crippen LogP contribution in [-0.4, -0.2) is 46.5 Å². The van der Waals surface area contributed by atoms with Gasteiger partial charge in [0.05, 0.1) is 12.7 Å². The summed E-state index contributed by atoms with van der Waals surface area (Å²) in [6.45, 7) is -0.354. The first kappa shape index (κ1) is 12.3. The van der Waals surface area contributed by atoms with E-state index in [4.69, 9.17) is 14.6 Å². The largest absolute Gasteiger partial charge is 0.465 e. The fraction of sp³-hybridized carbons (Fsp3) is 0.500. The number of hydrogen-bond acceptors (Lipinski definition) is 5. The quantitative estimate of drug-likeness (QED) is 0.687. The van der Waals surface area contributed by atoms with E-state index in [2.05, 4.69) is 0 Å². The van der Waals surface area contributed by atoms with Gasteiger partial charge in [0, 0.05) is 6.42 Å². The molecule has 1 aliphatic rings. The molecular formula is C12H16O5. The van der Waals surface area contributed by atoms with Gasteiger partial charge in [-0.2, -0.15) is 0 Å². The lowest BCUT2D eigenvalue weighted by Gasteiger charge is -2.36. The molecule has 0 amide bonds. The summed E-state index contributed by atoms with van der Waals surface area (Å²) < 4.78 is 10.8. The molecule has 0 aromatic heterocycles. The van der Waals surface area contributed by atoms with Crippen molar-refractivity contribution in [3.05, 3.63) is 30.3 Å². The highest BCUT2D eigenvalue weighted by molar-refractivity contribution is 5.21. The van der Waals surface area contributed by atoms with Crippen LogP contribution in [-0.2, 0) is 4.74 Å². The number of para-hydroxylation sites is 1. The molecule has 1 unspecified atom stereocenters.